The third-order valence-electron chi connectivity index (χ3n) is 6.90. The number of halogens is 1. The number of nitrogens with one attached hydrogen (secondary N) is 1. The summed E-state index contributed by atoms with van der Waals surface area (Å²) in [7, 11) is 0. The molecule has 1 saturated carbocycles. The van der Waals surface area contributed by atoms with E-state index in [1.807, 2.05) is 0 Å². The van der Waals surface area contributed by atoms with Gasteiger partial charge in [-0.05, 0) is 31.0 Å². The predicted molar refractivity (Wildman–Crippen MR) is 129 cm³/mol. The molecule has 3 N–H and O–H groups in total. The van der Waals surface area contributed by atoms with Crippen molar-refractivity contribution in [1.82, 2.24) is 19.7 Å². The highest BCUT2D eigenvalue weighted by Crippen LogP contribution is 2.26. The number of carbonyl (C=O) groups excluding carboxylic acids is 1. The van der Waals surface area contributed by atoms with E-state index in [-0.39, 0.29) is 28.7 Å². The molecule has 2 aromatic rings. The standard InChI is InChI=1S/C24H31ClN4O6/c25-19-8-7-17(13-18(19)22(32)27-21(31)16-5-3-1-2-4-6-16)29-23(33)28(20(30)14-26-29)15-24(34)9-11-35-12-10-24/h7-8,13-14,16,21,31,34H,1-6,9-12,15H2,(H,27,32). The Kier molecular flexibility index (Phi) is 8.05. The zero-order valence-corrected chi connectivity index (χ0v) is 20.2. The number of aliphatic hydroxyl groups excluding tert-OH is 1. The number of hydrogen-bond acceptors (Lipinski definition) is 7. The van der Waals surface area contributed by atoms with E-state index >= 15 is 0 Å². The van der Waals surface area contributed by atoms with Crippen LogP contribution >= 0.6 is 11.6 Å². The molecule has 1 aromatic heterocycles. The molecule has 1 amide bonds. The summed E-state index contributed by atoms with van der Waals surface area (Å²) >= 11 is 6.27. The highest BCUT2D eigenvalue weighted by atomic mass is 35.5. The van der Waals surface area contributed by atoms with E-state index in [9.17, 15) is 24.6 Å². The first-order valence-corrected chi connectivity index (χ1v) is 12.4. The van der Waals surface area contributed by atoms with Crippen molar-refractivity contribution in [3.8, 4) is 5.69 Å². The minimum absolute atomic E-state index is 0.0211. The fraction of sp³-hybridized carbons (Fsp3) is 0.583. The van der Waals surface area contributed by atoms with E-state index in [0.717, 1.165) is 54.0 Å². The summed E-state index contributed by atoms with van der Waals surface area (Å²) in [6.45, 7) is 0.491. The predicted octanol–water partition coefficient (Wildman–Crippen LogP) is 1.61. The first-order valence-electron chi connectivity index (χ1n) is 12.1. The molecule has 0 radical (unpaired) electrons. The van der Waals surface area contributed by atoms with Gasteiger partial charge in [-0.1, -0.05) is 37.3 Å². The number of carbonyl (C=O) groups is 1. The summed E-state index contributed by atoms with van der Waals surface area (Å²) < 4.78 is 7.18. The summed E-state index contributed by atoms with van der Waals surface area (Å²) in [6.07, 6.45) is 6.56. The molecule has 1 aromatic carbocycles. The minimum Gasteiger partial charge on any atom is -0.388 e. The molecule has 10 nitrogen and oxygen atoms in total. The lowest BCUT2D eigenvalue weighted by atomic mass is 9.94. The van der Waals surface area contributed by atoms with Crippen molar-refractivity contribution in [3.63, 3.8) is 0 Å². The third-order valence-corrected chi connectivity index (χ3v) is 7.23. The average Bonchev–Trinajstić information content (AvgIpc) is 3.13. The Bertz CT molecular complexity index is 1170. The molecule has 1 unspecified atom stereocenters. The molecule has 35 heavy (non-hydrogen) atoms. The van der Waals surface area contributed by atoms with E-state index < -0.39 is 29.0 Å². The second kappa shape index (κ2) is 11.0. The fourth-order valence-corrected chi connectivity index (χ4v) is 4.94. The second-order valence-corrected chi connectivity index (χ2v) is 9.84. The Morgan fingerprint density at radius 3 is 2.57 bits per heavy atom. The number of aliphatic hydroxyl groups is 2. The maximum Gasteiger partial charge on any atom is 0.352 e. The monoisotopic (exact) mass is 506 g/mol. The Morgan fingerprint density at radius 2 is 1.89 bits per heavy atom. The van der Waals surface area contributed by atoms with Crippen LogP contribution in [0.5, 0.6) is 0 Å². The number of benzene rings is 1. The van der Waals surface area contributed by atoms with Crippen LogP contribution in [0.15, 0.2) is 34.0 Å². The molecule has 1 atom stereocenters. The van der Waals surface area contributed by atoms with Crippen LogP contribution in [0.2, 0.25) is 5.02 Å². The molecule has 4 rings (SSSR count). The third kappa shape index (κ3) is 6.00. The van der Waals surface area contributed by atoms with Crippen molar-refractivity contribution in [2.24, 2.45) is 5.92 Å². The van der Waals surface area contributed by atoms with E-state index in [4.69, 9.17) is 16.3 Å². The van der Waals surface area contributed by atoms with Crippen LogP contribution in [0.4, 0.5) is 0 Å². The number of aromatic nitrogens is 3. The van der Waals surface area contributed by atoms with E-state index in [1.165, 1.54) is 18.2 Å². The van der Waals surface area contributed by atoms with E-state index in [1.54, 1.807) is 0 Å². The molecule has 2 aliphatic rings. The molecular weight excluding hydrogens is 476 g/mol. The quantitative estimate of drug-likeness (QED) is 0.400. The van der Waals surface area contributed by atoms with Gasteiger partial charge < -0.3 is 20.3 Å². The maximum absolute atomic E-state index is 13.1. The normalized spacial score (nSPS) is 19.6. The van der Waals surface area contributed by atoms with Gasteiger partial charge in [0.2, 0.25) is 0 Å². The van der Waals surface area contributed by atoms with Gasteiger partial charge in [0.15, 0.2) is 0 Å². The zero-order valence-electron chi connectivity index (χ0n) is 19.5. The van der Waals surface area contributed by atoms with E-state index in [2.05, 4.69) is 10.4 Å². The fourth-order valence-electron chi connectivity index (χ4n) is 4.74. The topological polar surface area (TPSA) is 136 Å². The van der Waals surface area contributed by atoms with Gasteiger partial charge >= 0.3 is 5.69 Å². The van der Waals surface area contributed by atoms with Crippen molar-refractivity contribution in [3.05, 3.63) is 55.8 Å². The van der Waals surface area contributed by atoms with Gasteiger partial charge in [0, 0.05) is 32.0 Å². The molecule has 0 spiro atoms. The largest absolute Gasteiger partial charge is 0.388 e. The first-order chi connectivity index (χ1) is 16.8. The SMILES string of the molecule is O=C(NC(O)C1CCCCCC1)c1cc(-n2ncc(=O)n(CC3(O)CCOCC3)c2=O)ccc1Cl. The highest BCUT2D eigenvalue weighted by molar-refractivity contribution is 6.33. The van der Waals surface area contributed by atoms with Crippen LogP contribution in [-0.4, -0.2) is 55.5 Å². The van der Waals surface area contributed by atoms with Crippen LogP contribution in [0, 0.1) is 5.92 Å². The minimum atomic E-state index is -1.24. The lowest BCUT2D eigenvalue weighted by molar-refractivity contribution is -0.0740. The van der Waals surface area contributed by atoms with Gasteiger partial charge in [-0.25, -0.2) is 4.79 Å². The van der Waals surface area contributed by atoms with Crippen LogP contribution in [-0.2, 0) is 11.3 Å². The summed E-state index contributed by atoms with van der Waals surface area (Å²) in [5.41, 5.74) is -2.32. The van der Waals surface area contributed by atoms with Crippen molar-refractivity contribution >= 4 is 17.5 Å². The maximum atomic E-state index is 13.1. The molecule has 11 heteroatoms. The van der Waals surface area contributed by atoms with Crippen LogP contribution in [0.25, 0.3) is 5.69 Å². The average molecular weight is 507 g/mol. The highest BCUT2D eigenvalue weighted by Gasteiger charge is 2.32. The molecule has 2 fully saturated rings. The van der Waals surface area contributed by atoms with Gasteiger partial charge in [0.1, 0.15) is 12.4 Å². The summed E-state index contributed by atoms with van der Waals surface area (Å²) in [5.74, 6) is -0.585. The lowest BCUT2D eigenvalue weighted by Crippen LogP contribution is -2.49. The summed E-state index contributed by atoms with van der Waals surface area (Å²) in [4.78, 5) is 38.5. The number of nitrogens with zero attached hydrogens (tertiary/aromatic N) is 3. The van der Waals surface area contributed by atoms with Crippen molar-refractivity contribution < 1.29 is 19.7 Å². The molecule has 1 saturated heterocycles. The number of ether oxygens (including phenoxy) is 1. The summed E-state index contributed by atoms with van der Waals surface area (Å²) in [6, 6.07) is 4.36. The van der Waals surface area contributed by atoms with Gasteiger partial charge in [-0.15, -0.1) is 0 Å². The van der Waals surface area contributed by atoms with Gasteiger partial charge in [0.25, 0.3) is 11.5 Å². The molecule has 2 heterocycles. The van der Waals surface area contributed by atoms with E-state index in [0.29, 0.717) is 26.1 Å². The Balaban J connectivity index is 1.59. The Hall–Kier alpha value is -2.53. The number of amides is 1. The molecule has 1 aliphatic heterocycles. The second-order valence-electron chi connectivity index (χ2n) is 9.43. The van der Waals surface area contributed by atoms with Crippen LogP contribution in [0.1, 0.15) is 61.7 Å². The van der Waals surface area contributed by atoms with Gasteiger partial charge in [-0.3, -0.25) is 14.2 Å². The smallest absolute Gasteiger partial charge is 0.352 e. The molecule has 0 bridgehead atoms. The van der Waals surface area contributed by atoms with Crippen LogP contribution < -0.4 is 16.6 Å². The first kappa shape index (κ1) is 25.6. The van der Waals surface area contributed by atoms with Gasteiger partial charge in [0.05, 0.1) is 28.4 Å². The zero-order chi connectivity index (χ0) is 25.0. The van der Waals surface area contributed by atoms with Crippen molar-refractivity contribution in [2.45, 2.75) is 69.7 Å². The Morgan fingerprint density at radius 1 is 1.20 bits per heavy atom. The van der Waals surface area contributed by atoms with Crippen molar-refractivity contribution in [2.75, 3.05) is 13.2 Å². The molecule has 1 aliphatic carbocycles. The number of hydrogen-bond donors (Lipinski definition) is 3. The Labute approximate surface area is 207 Å². The van der Waals surface area contributed by atoms with Gasteiger partial charge in [-0.2, -0.15) is 9.78 Å². The molecule has 190 valence electrons. The molecular formula is C24H31ClN4O6. The summed E-state index contributed by atoms with van der Waals surface area (Å²) in [5, 5.41) is 28.1. The van der Waals surface area contributed by atoms with Crippen LogP contribution in [0.3, 0.4) is 0 Å². The lowest BCUT2D eigenvalue weighted by Gasteiger charge is -2.32. The number of rotatable bonds is 6. The van der Waals surface area contributed by atoms with Crippen molar-refractivity contribution in [1.29, 1.82) is 0 Å².